The second kappa shape index (κ2) is 2.80. The highest BCUT2D eigenvalue weighted by Gasteiger charge is 2.11. The highest BCUT2D eigenvalue weighted by atomic mass is 16.5. The quantitative estimate of drug-likeness (QED) is 0.545. The van der Waals surface area contributed by atoms with Gasteiger partial charge in [-0.15, -0.1) is 0 Å². The maximum absolute atomic E-state index is 8.58. The van der Waals surface area contributed by atoms with Crippen molar-refractivity contribution < 1.29 is 9.84 Å². The molecule has 2 heteroatoms. The monoisotopic (exact) mass is 126 g/mol. The molecule has 0 aromatic carbocycles. The molecular weight excluding hydrogens is 116 g/mol. The molecule has 0 fully saturated rings. The summed E-state index contributed by atoms with van der Waals surface area (Å²) < 4.78 is 5.13. The maximum Gasteiger partial charge on any atom is 0.0991 e. The zero-order valence-electron chi connectivity index (χ0n) is 5.21. The molecule has 0 bridgehead atoms. The Balaban J connectivity index is 2.43. The van der Waals surface area contributed by atoms with Crippen molar-refractivity contribution in [1.82, 2.24) is 0 Å². The molecule has 0 spiro atoms. The van der Waals surface area contributed by atoms with Crippen LogP contribution in [0.5, 0.6) is 0 Å². The van der Waals surface area contributed by atoms with Gasteiger partial charge in [-0.2, -0.15) is 0 Å². The molecule has 0 radical (unpaired) electrons. The molecule has 1 heterocycles. The summed E-state index contributed by atoms with van der Waals surface area (Å²) in [5.41, 5.74) is 0.726. The van der Waals surface area contributed by atoms with Gasteiger partial charge in [0.1, 0.15) is 0 Å². The molecule has 0 aromatic rings. The molecule has 0 aliphatic carbocycles. The Morgan fingerprint density at radius 2 is 2.67 bits per heavy atom. The predicted octanol–water partition coefficient (Wildman–Crippen LogP) is 0.490. The lowest BCUT2D eigenvalue weighted by atomic mass is 10.2. The fourth-order valence-electron chi connectivity index (χ4n) is 0.738. The van der Waals surface area contributed by atoms with Gasteiger partial charge < -0.3 is 9.84 Å². The second-order valence-electron chi connectivity index (χ2n) is 2.00. The Morgan fingerprint density at radius 1 is 1.89 bits per heavy atom. The fraction of sp³-hybridized carbons (Fsp3) is 0.429. The molecule has 0 amide bonds. The Labute approximate surface area is 54.5 Å². The summed E-state index contributed by atoms with van der Waals surface area (Å²) >= 11 is 0. The smallest absolute Gasteiger partial charge is 0.0991 e. The van der Waals surface area contributed by atoms with E-state index in [1.807, 2.05) is 12.2 Å². The molecule has 1 atom stereocenters. The lowest BCUT2D eigenvalue weighted by Crippen LogP contribution is -2.10. The first-order valence-corrected chi connectivity index (χ1v) is 2.91. The van der Waals surface area contributed by atoms with Gasteiger partial charge in [-0.1, -0.05) is 18.7 Å². The van der Waals surface area contributed by atoms with Crippen LogP contribution in [0.3, 0.4) is 0 Å². The summed E-state index contributed by atoms with van der Waals surface area (Å²) in [6, 6.07) is 0. The van der Waals surface area contributed by atoms with E-state index in [-0.39, 0.29) is 12.7 Å². The summed E-state index contributed by atoms with van der Waals surface area (Å²) in [4.78, 5) is 0. The van der Waals surface area contributed by atoms with Crippen molar-refractivity contribution in [2.45, 2.75) is 6.10 Å². The van der Waals surface area contributed by atoms with Gasteiger partial charge in [0.25, 0.3) is 0 Å². The minimum atomic E-state index is -0.0463. The lowest BCUT2D eigenvalue weighted by Gasteiger charge is -2.07. The second-order valence-corrected chi connectivity index (χ2v) is 2.00. The van der Waals surface area contributed by atoms with Gasteiger partial charge in [0, 0.05) is 0 Å². The molecule has 1 N–H and O–H groups in total. The highest BCUT2D eigenvalue weighted by Crippen LogP contribution is 2.10. The van der Waals surface area contributed by atoms with E-state index in [1.54, 1.807) is 0 Å². The van der Waals surface area contributed by atoms with Crippen LogP contribution >= 0.6 is 0 Å². The number of aliphatic hydroxyl groups excluding tert-OH is 1. The summed E-state index contributed by atoms with van der Waals surface area (Å²) in [6.45, 7) is 4.28. The Kier molecular flexibility index (Phi) is 2.03. The zero-order chi connectivity index (χ0) is 6.69. The molecule has 0 saturated heterocycles. The summed E-state index contributed by atoms with van der Waals surface area (Å²) in [5.74, 6) is 0. The zero-order valence-corrected chi connectivity index (χ0v) is 5.21. The van der Waals surface area contributed by atoms with Crippen LogP contribution in [0.4, 0.5) is 0 Å². The van der Waals surface area contributed by atoms with Crippen LogP contribution in [0.25, 0.3) is 0 Å². The minimum absolute atomic E-state index is 0.00894. The first-order chi connectivity index (χ1) is 4.34. The van der Waals surface area contributed by atoms with E-state index in [0.29, 0.717) is 6.61 Å². The molecule has 0 saturated carbocycles. The van der Waals surface area contributed by atoms with Crippen molar-refractivity contribution in [3.8, 4) is 0 Å². The predicted molar refractivity (Wildman–Crippen MR) is 35.1 cm³/mol. The normalized spacial score (nSPS) is 24.8. The first kappa shape index (κ1) is 6.52. The van der Waals surface area contributed by atoms with Crippen molar-refractivity contribution in [2.24, 2.45) is 0 Å². The molecule has 1 rings (SSSR count). The average Bonchev–Trinajstić information content (AvgIpc) is 2.37. The Bertz CT molecular complexity index is 138. The van der Waals surface area contributed by atoms with Gasteiger partial charge >= 0.3 is 0 Å². The SMILES string of the molecule is C=C(CO)[C@@H]1C=CCO1. The van der Waals surface area contributed by atoms with Crippen LogP contribution < -0.4 is 0 Å². The van der Waals surface area contributed by atoms with Crippen molar-refractivity contribution in [2.75, 3.05) is 13.2 Å². The summed E-state index contributed by atoms with van der Waals surface area (Å²) in [7, 11) is 0. The van der Waals surface area contributed by atoms with E-state index < -0.39 is 0 Å². The standard InChI is InChI=1S/C7H10O2/c1-6(5-8)7-3-2-4-9-7/h2-3,7-8H,1,4-5H2/t7-/m0/s1. The third kappa shape index (κ3) is 1.40. The summed E-state index contributed by atoms with van der Waals surface area (Å²) in [5, 5.41) is 8.58. The number of ether oxygens (including phenoxy) is 1. The van der Waals surface area contributed by atoms with E-state index in [4.69, 9.17) is 9.84 Å². The fourth-order valence-corrected chi connectivity index (χ4v) is 0.738. The average molecular weight is 126 g/mol. The molecule has 50 valence electrons. The van der Waals surface area contributed by atoms with Crippen LogP contribution in [0.2, 0.25) is 0 Å². The molecule has 9 heavy (non-hydrogen) atoms. The first-order valence-electron chi connectivity index (χ1n) is 2.91. The van der Waals surface area contributed by atoms with Crippen molar-refractivity contribution in [3.63, 3.8) is 0 Å². The van der Waals surface area contributed by atoms with E-state index in [0.717, 1.165) is 5.57 Å². The number of hydrogen-bond acceptors (Lipinski definition) is 2. The van der Waals surface area contributed by atoms with Gasteiger partial charge in [-0.3, -0.25) is 0 Å². The number of aliphatic hydroxyl groups is 1. The van der Waals surface area contributed by atoms with Crippen molar-refractivity contribution >= 4 is 0 Å². The maximum atomic E-state index is 8.58. The van der Waals surface area contributed by atoms with E-state index >= 15 is 0 Å². The molecule has 1 aliphatic heterocycles. The number of rotatable bonds is 2. The Hall–Kier alpha value is -0.600. The van der Waals surface area contributed by atoms with Crippen LogP contribution in [0.1, 0.15) is 0 Å². The van der Waals surface area contributed by atoms with Crippen LogP contribution in [0, 0.1) is 0 Å². The number of hydrogen-bond donors (Lipinski definition) is 1. The van der Waals surface area contributed by atoms with Crippen molar-refractivity contribution in [3.05, 3.63) is 24.3 Å². The topological polar surface area (TPSA) is 29.5 Å². The van der Waals surface area contributed by atoms with Gasteiger partial charge in [0.15, 0.2) is 0 Å². The molecular formula is C7H10O2. The third-order valence-corrected chi connectivity index (χ3v) is 1.29. The highest BCUT2D eigenvalue weighted by molar-refractivity contribution is 5.14. The molecule has 0 unspecified atom stereocenters. The van der Waals surface area contributed by atoms with Gasteiger partial charge in [-0.05, 0) is 5.57 Å². The minimum Gasteiger partial charge on any atom is -0.392 e. The molecule has 0 aromatic heterocycles. The van der Waals surface area contributed by atoms with Crippen LogP contribution in [-0.2, 0) is 4.74 Å². The molecule has 1 aliphatic rings. The van der Waals surface area contributed by atoms with E-state index in [1.165, 1.54) is 0 Å². The Morgan fingerprint density at radius 3 is 3.11 bits per heavy atom. The molecule has 2 nitrogen and oxygen atoms in total. The third-order valence-electron chi connectivity index (χ3n) is 1.29. The van der Waals surface area contributed by atoms with Gasteiger partial charge in [0.05, 0.1) is 19.3 Å². The summed E-state index contributed by atoms with van der Waals surface area (Å²) in [6.07, 6.45) is 3.78. The van der Waals surface area contributed by atoms with E-state index in [9.17, 15) is 0 Å². The van der Waals surface area contributed by atoms with Crippen LogP contribution in [0.15, 0.2) is 24.3 Å². The largest absolute Gasteiger partial charge is 0.392 e. The lowest BCUT2D eigenvalue weighted by molar-refractivity contribution is 0.142. The van der Waals surface area contributed by atoms with Gasteiger partial charge in [0.2, 0.25) is 0 Å². The van der Waals surface area contributed by atoms with Gasteiger partial charge in [-0.25, -0.2) is 0 Å². The van der Waals surface area contributed by atoms with Crippen molar-refractivity contribution in [1.29, 1.82) is 0 Å². The van der Waals surface area contributed by atoms with E-state index in [2.05, 4.69) is 6.58 Å². The van der Waals surface area contributed by atoms with Crippen LogP contribution in [-0.4, -0.2) is 24.4 Å².